The van der Waals surface area contributed by atoms with E-state index in [1.807, 2.05) is 86.6 Å². The molecule has 5 heteroatoms. The van der Waals surface area contributed by atoms with Crippen molar-refractivity contribution in [2.24, 2.45) is 5.10 Å². The predicted molar refractivity (Wildman–Crippen MR) is 111 cm³/mol. The summed E-state index contributed by atoms with van der Waals surface area (Å²) in [5.41, 5.74) is 7.69. The van der Waals surface area contributed by atoms with Crippen molar-refractivity contribution < 1.29 is 4.42 Å². The Balaban J connectivity index is 1.60. The van der Waals surface area contributed by atoms with Gasteiger partial charge in [-0.2, -0.15) is 5.10 Å². The van der Waals surface area contributed by atoms with E-state index in [1.54, 1.807) is 6.20 Å². The molecule has 2 aromatic heterocycles. The van der Waals surface area contributed by atoms with Crippen molar-refractivity contribution in [1.29, 1.82) is 0 Å². The van der Waals surface area contributed by atoms with Gasteiger partial charge in [-0.15, -0.1) is 0 Å². The molecule has 4 rings (SSSR count). The lowest BCUT2D eigenvalue weighted by Gasteiger charge is -2.08. The number of hydrogen-bond acceptors (Lipinski definition) is 5. The van der Waals surface area contributed by atoms with Crippen molar-refractivity contribution >= 4 is 11.5 Å². The van der Waals surface area contributed by atoms with E-state index in [-0.39, 0.29) is 0 Å². The Morgan fingerprint density at radius 3 is 2.00 bits per heavy atom. The summed E-state index contributed by atoms with van der Waals surface area (Å²) in [4.78, 5) is 8.84. The summed E-state index contributed by atoms with van der Waals surface area (Å²) < 4.78 is 5.65. The van der Waals surface area contributed by atoms with Gasteiger partial charge in [0.25, 0.3) is 0 Å². The van der Waals surface area contributed by atoms with Crippen LogP contribution in [0, 0.1) is 13.8 Å². The number of aryl methyl sites for hydroxylation is 2. The minimum absolute atomic E-state index is 0.576. The molecule has 0 saturated heterocycles. The molecule has 2 aromatic carbocycles. The molecule has 0 spiro atoms. The Kier molecular flexibility index (Phi) is 4.97. The standard InChI is InChI=1S/C23H20N4O/c1-16-17(2)28-23(25-16)20-13-14-21(24-15-20)26-27-22(18-9-5-3-6-10-18)19-11-7-4-8-12-19/h3-15H,1-2H3,(H,24,26). The molecule has 5 nitrogen and oxygen atoms in total. The van der Waals surface area contributed by atoms with Crippen LogP contribution in [0.2, 0.25) is 0 Å². The van der Waals surface area contributed by atoms with Crippen molar-refractivity contribution in [3.8, 4) is 11.5 Å². The molecule has 0 aliphatic carbocycles. The molecular formula is C23H20N4O. The zero-order chi connectivity index (χ0) is 19.3. The number of oxazole rings is 1. The molecular weight excluding hydrogens is 348 g/mol. The summed E-state index contributed by atoms with van der Waals surface area (Å²) in [6, 6.07) is 23.9. The molecule has 0 radical (unpaired) electrons. The maximum Gasteiger partial charge on any atom is 0.228 e. The fourth-order valence-corrected chi connectivity index (χ4v) is 2.78. The lowest BCUT2D eigenvalue weighted by Crippen LogP contribution is -2.06. The van der Waals surface area contributed by atoms with Gasteiger partial charge in [-0.25, -0.2) is 9.97 Å². The highest BCUT2D eigenvalue weighted by Crippen LogP contribution is 2.21. The van der Waals surface area contributed by atoms with Gasteiger partial charge in [-0.05, 0) is 26.0 Å². The van der Waals surface area contributed by atoms with Crippen LogP contribution in [0.5, 0.6) is 0 Å². The molecule has 4 aromatic rings. The molecule has 0 aliphatic rings. The number of rotatable bonds is 5. The molecule has 0 saturated carbocycles. The summed E-state index contributed by atoms with van der Waals surface area (Å²) in [7, 11) is 0. The molecule has 0 amide bonds. The first-order valence-corrected chi connectivity index (χ1v) is 9.06. The van der Waals surface area contributed by atoms with Gasteiger partial charge in [0, 0.05) is 17.3 Å². The van der Waals surface area contributed by atoms with Crippen molar-refractivity contribution in [3.05, 3.63) is 102 Å². The summed E-state index contributed by atoms with van der Waals surface area (Å²) in [5.74, 6) is 2.04. The van der Waals surface area contributed by atoms with Gasteiger partial charge in [0.05, 0.1) is 17.0 Å². The molecule has 0 bridgehead atoms. The van der Waals surface area contributed by atoms with E-state index in [9.17, 15) is 0 Å². The first kappa shape index (κ1) is 17.7. The number of nitrogens with zero attached hydrogens (tertiary/aromatic N) is 3. The summed E-state index contributed by atoms with van der Waals surface area (Å²) in [6.45, 7) is 3.83. The van der Waals surface area contributed by atoms with Crippen molar-refractivity contribution in [3.63, 3.8) is 0 Å². The molecule has 2 heterocycles. The third-order valence-corrected chi connectivity index (χ3v) is 4.42. The van der Waals surface area contributed by atoms with Crippen LogP contribution in [0.4, 0.5) is 5.82 Å². The quantitative estimate of drug-likeness (QED) is 0.388. The zero-order valence-corrected chi connectivity index (χ0v) is 15.8. The molecule has 1 N–H and O–H groups in total. The topological polar surface area (TPSA) is 63.3 Å². The average molecular weight is 368 g/mol. The van der Waals surface area contributed by atoms with Gasteiger partial charge in [0.1, 0.15) is 11.6 Å². The summed E-state index contributed by atoms with van der Waals surface area (Å²) >= 11 is 0. The van der Waals surface area contributed by atoms with E-state index in [4.69, 9.17) is 4.42 Å². The minimum atomic E-state index is 0.576. The third kappa shape index (κ3) is 3.83. The maximum atomic E-state index is 5.65. The third-order valence-electron chi connectivity index (χ3n) is 4.42. The Hall–Kier alpha value is -3.73. The number of aromatic nitrogens is 2. The van der Waals surface area contributed by atoms with Crippen LogP contribution >= 0.6 is 0 Å². The van der Waals surface area contributed by atoms with E-state index < -0.39 is 0 Å². The maximum absolute atomic E-state index is 5.65. The fraction of sp³-hybridized carbons (Fsp3) is 0.0870. The molecule has 28 heavy (non-hydrogen) atoms. The largest absolute Gasteiger partial charge is 0.441 e. The lowest BCUT2D eigenvalue weighted by molar-refractivity contribution is 0.540. The first-order valence-electron chi connectivity index (χ1n) is 9.06. The van der Waals surface area contributed by atoms with Crippen LogP contribution in [0.15, 0.2) is 88.5 Å². The predicted octanol–water partition coefficient (Wildman–Crippen LogP) is 5.22. The Bertz CT molecular complexity index is 1020. The SMILES string of the molecule is Cc1nc(-c2ccc(NN=C(c3ccccc3)c3ccccc3)nc2)oc1C. The van der Waals surface area contributed by atoms with Gasteiger partial charge >= 0.3 is 0 Å². The average Bonchev–Trinajstić information content (AvgIpc) is 3.09. The normalized spacial score (nSPS) is 10.5. The highest BCUT2D eigenvalue weighted by molar-refractivity contribution is 6.13. The number of nitrogens with one attached hydrogen (secondary N) is 1. The highest BCUT2D eigenvalue weighted by Gasteiger charge is 2.09. The number of hydrogen-bond donors (Lipinski definition) is 1. The van der Waals surface area contributed by atoms with Gasteiger partial charge in [0.15, 0.2) is 0 Å². The Morgan fingerprint density at radius 2 is 1.50 bits per heavy atom. The zero-order valence-electron chi connectivity index (χ0n) is 15.8. The molecule has 138 valence electrons. The van der Waals surface area contributed by atoms with Gasteiger partial charge in [-0.3, -0.25) is 5.43 Å². The van der Waals surface area contributed by atoms with Crippen LogP contribution in [-0.2, 0) is 0 Å². The van der Waals surface area contributed by atoms with Crippen LogP contribution in [-0.4, -0.2) is 15.7 Å². The monoisotopic (exact) mass is 368 g/mol. The van der Waals surface area contributed by atoms with Gasteiger partial charge in [0.2, 0.25) is 5.89 Å². The number of pyridine rings is 1. The minimum Gasteiger partial charge on any atom is -0.441 e. The van der Waals surface area contributed by atoms with Gasteiger partial charge in [-0.1, -0.05) is 60.7 Å². The smallest absolute Gasteiger partial charge is 0.228 e. The summed E-state index contributed by atoms with van der Waals surface area (Å²) in [5, 5.41) is 4.62. The Morgan fingerprint density at radius 1 is 0.857 bits per heavy atom. The molecule has 0 fully saturated rings. The second-order valence-electron chi connectivity index (χ2n) is 6.40. The van der Waals surface area contributed by atoms with Crippen LogP contribution < -0.4 is 5.43 Å². The van der Waals surface area contributed by atoms with Crippen LogP contribution in [0.3, 0.4) is 0 Å². The van der Waals surface area contributed by atoms with E-state index in [0.29, 0.717) is 11.7 Å². The molecule has 0 atom stereocenters. The van der Waals surface area contributed by atoms with E-state index in [2.05, 4.69) is 20.5 Å². The van der Waals surface area contributed by atoms with Crippen molar-refractivity contribution in [2.75, 3.05) is 5.43 Å². The number of hydrazone groups is 1. The van der Waals surface area contributed by atoms with E-state index in [0.717, 1.165) is 33.9 Å². The molecule has 0 unspecified atom stereocenters. The fourth-order valence-electron chi connectivity index (χ4n) is 2.78. The van der Waals surface area contributed by atoms with Crippen molar-refractivity contribution in [1.82, 2.24) is 9.97 Å². The Labute approximate surface area is 163 Å². The van der Waals surface area contributed by atoms with Gasteiger partial charge < -0.3 is 4.42 Å². The number of anilines is 1. The second kappa shape index (κ2) is 7.88. The molecule has 0 aliphatic heterocycles. The number of benzene rings is 2. The second-order valence-corrected chi connectivity index (χ2v) is 6.40. The van der Waals surface area contributed by atoms with Crippen LogP contribution in [0.25, 0.3) is 11.5 Å². The highest BCUT2D eigenvalue weighted by atomic mass is 16.4. The van der Waals surface area contributed by atoms with E-state index in [1.165, 1.54) is 0 Å². The van der Waals surface area contributed by atoms with Crippen molar-refractivity contribution in [2.45, 2.75) is 13.8 Å². The summed E-state index contributed by atoms with van der Waals surface area (Å²) in [6.07, 6.45) is 1.73. The van der Waals surface area contributed by atoms with Crippen LogP contribution in [0.1, 0.15) is 22.6 Å². The van der Waals surface area contributed by atoms with E-state index >= 15 is 0 Å². The first-order chi connectivity index (χ1) is 13.7. The lowest BCUT2D eigenvalue weighted by atomic mass is 10.0.